The van der Waals surface area contributed by atoms with Crippen molar-refractivity contribution in [2.45, 2.75) is 19.4 Å². The lowest BCUT2D eigenvalue weighted by Crippen LogP contribution is -2.25. The van der Waals surface area contributed by atoms with E-state index in [1.54, 1.807) is 19.1 Å². The van der Waals surface area contributed by atoms with Crippen LogP contribution in [0.5, 0.6) is 5.75 Å². The van der Waals surface area contributed by atoms with Crippen molar-refractivity contribution >= 4 is 5.97 Å². The summed E-state index contributed by atoms with van der Waals surface area (Å²) in [5.41, 5.74) is 0.772. The second-order valence-corrected chi connectivity index (χ2v) is 3.14. The lowest BCUT2D eigenvalue weighted by Gasteiger charge is -2.09. The molecule has 4 heteroatoms. The summed E-state index contributed by atoms with van der Waals surface area (Å²) >= 11 is 0. The van der Waals surface area contributed by atoms with Gasteiger partial charge in [-0.05, 0) is 24.6 Å². The fourth-order valence-electron chi connectivity index (χ4n) is 1.18. The van der Waals surface area contributed by atoms with Crippen molar-refractivity contribution in [1.82, 2.24) is 0 Å². The number of phenols is 1. The predicted octanol–water partition coefficient (Wildman–Crippen LogP) is 0.859. The molecule has 0 unspecified atom stereocenters. The van der Waals surface area contributed by atoms with Gasteiger partial charge in [0.1, 0.15) is 5.75 Å². The van der Waals surface area contributed by atoms with Crippen LogP contribution < -0.4 is 0 Å². The lowest BCUT2D eigenvalue weighted by atomic mass is 10.1. The van der Waals surface area contributed by atoms with Crippen LogP contribution in [0.25, 0.3) is 0 Å². The number of phenolic OH excluding ortho intramolecular Hbond substituents is 1. The van der Waals surface area contributed by atoms with Gasteiger partial charge in [-0.25, -0.2) is 4.79 Å². The average Bonchev–Trinajstić information content (AvgIpc) is 2.22. The number of hydrogen-bond donors (Lipinski definition) is 2. The highest BCUT2D eigenvalue weighted by molar-refractivity contribution is 5.74. The first kappa shape index (κ1) is 11.5. The van der Waals surface area contributed by atoms with Gasteiger partial charge >= 0.3 is 5.97 Å². The summed E-state index contributed by atoms with van der Waals surface area (Å²) in [6, 6.07) is 6.32. The molecule has 0 saturated heterocycles. The van der Waals surface area contributed by atoms with E-state index in [1.165, 1.54) is 12.1 Å². The van der Waals surface area contributed by atoms with Crippen LogP contribution in [0.4, 0.5) is 0 Å². The third-order valence-corrected chi connectivity index (χ3v) is 1.92. The Bertz CT molecular complexity index is 318. The molecule has 2 N–H and O–H groups in total. The molecule has 0 amide bonds. The first-order chi connectivity index (χ1) is 7.13. The number of carbonyl (C=O) groups is 1. The normalized spacial score (nSPS) is 12.1. The molecular formula is C11H14O4. The Kier molecular flexibility index (Phi) is 4.12. The molecule has 0 heterocycles. The minimum atomic E-state index is -1.14. The topological polar surface area (TPSA) is 66.8 Å². The van der Waals surface area contributed by atoms with Crippen LogP contribution in [-0.2, 0) is 16.0 Å². The fourth-order valence-corrected chi connectivity index (χ4v) is 1.18. The summed E-state index contributed by atoms with van der Waals surface area (Å²) in [5, 5.41) is 18.5. The molecule has 0 aliphatic heterocycles. The van der Waals surface area contributed by atoms with Crippen molar-refractivity contribution in [2.75, 3.05) is 6.61 Å². The van der Waals surface area contributed by atoms with Gasteiger partial charge in [0.05, 0.1) is 6.61 Å². The van der Waals surface area contributed by atoms with E-state index in [0.29, 0.717) is 0 Å². The van der Waals surface area contributed by atoms with Crippen molar-refractivity contribution < 1.29 is 19.7 Å². The van der Waals surface area contributed by atoms with E-state index in [-0.39, 0.29) is 18.8 Å². The van der Waals surface area contributed by atoms with Gasteiger partial charge in [-0.2, -0.15) is 0 Å². The van der Waals surface area contributed by atoms with Crippen LogP contribution in [0.2, 0.25) is 0 Å². The van der Waals surface area contributed by atoms with Crippen LogP contribution in [0, 0.1) is 0 Å². The van der Waals surface area contributed by atoms with Crippen LogP contribution in [0.3, 0.4) is 0 Å². The second kappa shape index (κ2) is 5.36. The summed E-state index contributed by atoms with van der Waals surface area (Å²) in [7, 11) is 0. The highest BCUT2D eigenvalue weighted by Crippen LogP contribution is 2.11. The number of carbonyl (C=O) groups excluding carboxylic acids is 1. The van der Waals surface area contributed by atoms with Crippen molar-refractivity contribution in [2.24, 2.45) is 0 Å². The summed E-state index contributed by atoms with van der Waals surface area (Å²) in [6.07, 6.45) is -0.950. The molecule has 0 aromatic heterocycles. The molecule has 0 fully saturated rings. The highest BCUT2D eigenvalue weighted by Gasteiger charge is 2.16. The smallest absolute Gasteiger partial charge is 0.335 e. The minimum Gasteiger partial charge on any atom is -0.508 e. The van der Waals surface area contributed by atoms with Crippen molar-refractivity contribution in [3.8, 4) is 5.75 Å². The highest BCUT2D eigenvalue weighted by atomic mass is 16.5. The zero-order valence-corrected chi connectivity index (χ0v) is 8.51. The van der Waals surface area contributed by atoms with Crippen molar-refractivity contribution in [3.05, 3.63) is 29.8 Å². The molecule has 1 aromatic rings. The Morgan fingerprint density at radius 3 is 2.53 bits per heavy atom. The average molecular weight is 210 g/mol. The van der Waals surface area contributed by atoms with Crippen LogP contribution >= 0.6 is 0 Å². The summed E-state index contributed by atoms with van der Waals surface area (Å²) in [5.74, 6) is -0.463. The molecule has 0 saturated carbocycles. The maximum atomic E-state index is 11.1. The van der Waals surface area contributed by atoms with E-state index in [1.807, 2.05) is 0 Å². The van der Waals surface area contributed by atoms with E-state index >= 15 is 0 Å². The zero-order valence-electron chi connectivity index (χ0n) is 8.51. The molecule has 82 valence electrons. The second-order valence-electron chi connectivity index (χ2n) is 3.14. The van der Waals surface area contributed by atoms with E-state index in [9.17, 15) is 9.90 Å². The SMILES string of the molecule is CCOC(=O)[C@@H](O)Cc1ccc(O)cc1. The molecule has 15 heavy (non-hydrogen) atoms. The quantitative estimate of drug-likeness (QED) is 0.723. The molecular weight excluding hydrogens is 196 g/mol. The Hall–Kier alpha value is -1.55. The Morgan fingerprint density at radius 1 is 1.40 bits per heavy atom. The van der Waals surface area contributed by atoms with Gasteiger partial charge < -0.3 is 14.9 Å². The van der Waals surface area contributed by atoms with E-state index in [0.717, 1.165) is 5.56 Å². The maximum Gasteiger partial charge on any atom is 0.335 e. The monoisotopic (exact) mass is 210 g/mol. The van der Waals surface area contributed by atoms with Crippen molar-refractivity contribution in [1.29, 1.82) is 0 Å². The Balaban J connectivity index is 2.54. The number of esters is 1. The molecule has 0 spiro atoms. The zero-order chi connectivity index (χ0) is 11.3. The molecule has 1 rings (SSSR count). The third-order valence-electron chi connectivity index (χ3n) is 1.92. The third kappa shape index (κ3) is 3.59. The molecule has 0 radical (unpaired) electrons. The van der Waals surface area contributed by atoms with Gasteiger partial charge in [0.2, 0.25) is 0 Å². The first-order valence-electron chi connectivity index (χ1n) is 4.76. The maximum absolute atomic E-state index is 11.1. The van der Waals surface area contributed by atoms with E-state index in [2.05, 4.69) is 4.74 Å². The van der Waals surface area contributed by atoms with Crippen LogP contribution in [0.15, 0.2) is 24.3 Å². The van der Waals surface area contributed by atoms with Gasteiger partial charge in [0, 0.05) is 6.42 Å². The van der Waals surface area contributed by atoms with E-state index < -0.39 is 12.1 Å². The number of aliphatic hydroxyl groups is 1. The van der Waals surface area contributed by atoms with Crippen molar-refractivity contribution in [3.63, 3.8) is 0 Å². The van der Waals surface area contributed by atoms with Crippen LogP contribution in [0.1, 0.15) is 12.5 Å². The molecule has 4 nitrogen and oxygen atoms in total. The predicted molar refractivity (Wildman–Crippen MR) is 54.5 cm³/mol. The molecule has 1 atom stereocenters. The Morgan fingerprint density at radius 2 is 2.00 bits per heavy atom. The summed E-state index contributed by atoms with van der Waals surface area (Å²) < 4.78 is 4.66. The number of aromatic hydroxyl groups is 1. The number of hydrogen-bond acceptors (Lipinski definition) is 4. The molecule has 0 bridgehead atoms. The van der Waals surface area contributed by atoms with Crippen LogP contribution in [-0.4, -0.2) is 28.9 Å². The summed E-state index contributed by atoms with van der Waals surface area (Å²) in [4.78, 5) is 11.1. The van der Waals surface area contributed by atoms with Gasteiger partial charge in [-0.1, -0.05) is 12.1 Å². The molecule has 0 aliphatic carbocycles. The minimum absolute atomic E-state index is 0.157. The Labute approximate surface area is 88.1 Å². The summed E-state index contributed by atoms with van der Waals surface area (Å²) in [6.45, 7) is 1.94. The largest absolute Gasteiger partial charge is 0.508 e. The number of aliphatic hydroxyl groups excluding tert-OH is 1. The molecule has 1 aromatic carbocycles. The first-order valence-corrected chi connectivity index (χ1v) is 4.76. The number of rotatable bonds is 4. The fraction of sp³-hybridized carbons (Fsp3) is 0.364. The van der Waals surface area contributed by atoms with Gasteiger partial charge in [-0.15, -0.1) is 0 Å². The number of ether oxygens (including phenoxy) is 1. The van der Waals surface area contributed by atoms with Gasteiger partial charge in [-0.3, -0.25) is 0 Å². The van der Waals surface area contributed by atoms with Gasteiger partial charge in [0.15, 0.2) is 6.10 Å². The lowest BCUT2D eigenvalue weighted by molar-refractivity contribution is -0.152. The van der Waals surface area contributed by atoms with E-state index in [4.69, 9.17) is 5.11 Å². The number of benzene rings is 1. The standard InChI is InChI=1S/C11H14O4/c1-2-15-11(14)10(13)7-8-3-5-9(12)6-4-8/h3-6,10,12-13H,2,7H2,1H3/t10-/m0/s1. The molecule has 0 aliphatic rings. The van der Waals surface area contributed by atoms with Gasteiger partial charge in [0.25, 0.3) is 0 Å².